The highest BCUT2D eigenvalue weighted by Gasteiger charge is 2.31. The second-order valence-corrected chi connectivity index (χ2v) is 11.2. The Morgan fingerprint density at radius 1 is 1.11 bits per heavy atom. The summed E-state index contributed by atoms with van der Waals surface area (Å²) < 4.78 is 29.4. The molecule has 9 nitrogen and oxygen atoms in total. The molecule has 0 saturated carbocycles. The number of benzene rings is 2. The molecule has 0 amide bonds. The number of nitrogens with one attached hydrogen (secondary N) is 1. The third kappa shape index (κ3) is 4.89. The van der Waals surface area contributed by atoms with Gasteiger partial charge < -0.3 is 4.98 Å². The Kier molecular flexibility index (Phi) is 6.24. The Morgan fingerprint density at radius 2 is 1.91 bits per heavy atom. The van der Waals surface area contributed by atoms with Crippen molar-refractivity contribution in [2.45, 2.75) is 44.9 Å². The number of aryl methyl sites for hydroxylation is 2. The van der Waals surface area contributed by atoms with Crippen LogP contribution in [0.1, 0.15) is 46.8 Å². The summed E-state index contributed by atoms with van der Waals surface area (Å²) in [5.41, 5.74) is 4.33. The normalized spacial score (nSPS) is 17.1. The zero-order chi connectivity index (χ0) is 24.6. The van der Waals surface area contributed by atoms with Gasteiger partial charge in [0.05, 0.1) is 12.3 Å². The van der Waals surface area contributed by atoms with E-state index in [1.165, 1.54) is 4.31 Å². The summed E-state index contributed by atoms with van der Waals surface area (Å²) in [4.78, 5) is 20.4. The minimum atomic E-state index is -3.49. The van der Waals surface area contributed by atoms with E-state index < -0.39 is 10.0 Å². The van der Waals surface area contributed by atoms with Crippen molar-refractivity contribution >= 4 is 21.2 Å². The maximum Gasteiger partial charge on any atom is 0.281 e. The Morgan fingerprint density at radius 3 is 2.71 bits per heavy atom. The maximum atomic E-state index is 13.1. The van der Waals surface area contributed by atoms with E-state index in [0.717, 1.165) is 28.7 Å². The molecule has 1 saturated heterocycles. The predicted octanol–water partition coefficient (Wildman–Crippen LogP) is 2.89. The molecule has 1 atom stereocenters. The smallest absolute Gasteiger partial charge is 0.281 e. The lowest BCUT2D eigenvalue weighted by atomic mass is 9.99. The van der Waals surface area contributed by atoms with Crippen LogP contribution in [-0.4, -0.2) is 50.8 Å². The van der Waals surface area contributed by atoms with Crippen molar-refractivity contribution in [3.05, 3.63) is 87.0 Å². The lowest BCUT2D eigenvalue weighted by Crippen LogP contribution is -2.40. The molecule has 3 heterocycles. The summed E-state index contributed by atoms with van der Waals surface area (Å²) >= 11 is 0. The zero-order valence-corrected chi connectivity index (χ0v) is 20.6. The Labute approximate surface area is 203 Å². The van der Waals surface area contributed by atoms with Crippen molar-refractivity contribution in [3.63, 3.8) is 0 Å². The van der Waals surface area contributed by atoms with Crippen molar-refractivity contribution in [1.82, 2.24) is 29.3 Å². The van der Waals surface area contributed by atoms with E-state index in [1.54, 1.807) is 4.68 Å². The number of rotatable bonds is 6. The van der Waals surface area contributed by atoms with E-state index in [0.29, 0.717) is 31.0 Å². The number of hydrogen-bond donors (Lipinski definition) is 1. The summed E-state index contributed by atoms with van der Waals surface area (Å²) in [5.74, 6) is 0.220. The van der Waals surface area contributed by atoms with Gasteiger partial charge in [-0.3, -0.25) is 4.79 Å². The van der Waals surface area contributed by atoms with Crippen LogP contribution in [0.15, 0.2) is 53.3 Å². The van der Waals surface area contributed by atoms with Crippen LogP contribution >= 0.6 is 0 Å². The average molecular weight is 493 g/mol. The lowest BCUT2D eigenvalue weighted by molar-refractivity contribution is 0.309. The summed E-state index contributed by atoms with van der Waals surface area (Å²) in [6, 6.07) is 15.4. The second kappa shape index (κ2) is 9.35. The van der Waals surface area contributed by atoms with Gasteiger partial charge in [0, 0.05) is 19.0 Å². The van der Waals surface area contributed by atoms with E-state index in [2.05, 4.69) is 33.5 Å². The molecule has 0 spiro atoms. The Balaban J connectivity index is 1.43. The third-order valence-corrected chi connectivity index (χ3v) is 8.39. The first-order valence-electron chi connectivity index (χ1n) is 11.7. The van der Waals surface area contributed by atoms with Crippen molar-refractivity contribution in [2.24, 2.45) is 0 Å². The van der Waals surface area contributed by atoms with Gasteiger partial charge in [-0.05, 0) is 43.4 Å². The van der Waals surface area contributed by atoms with Gasteiger partial charge >= 0.3 is 0 Å². The van der Waals surface area contributed by atoms with Crippen LogP contribution in [0.3, 0.4) is 0 Å². The highest BCUT2D eigenvalue weighted by molar-refractivity contribution is 7.88. The third-order valence-electron chi connectivity index (χ3n) is 6.57. The molecule has 182 valence electrons. The molecule has 2 aromatic carbocycles. The molecule has 35 heavy (non-hydrogen) atoms. The van der Waals surface area contributed by atoms with Crippen LogP contribution in [0.25, 0.3) is 11.2 Å². The molecular weight excluding hydrogens is 464 g/mol. The second-order valence-electron chi connectivity index (χ2n) is 9.24. The van der Waals surface area contributed by atoms with E-state index in [9.17, 15) is 13.2 Å². The molecule has 4 aromatic rings. The van der Waals surface area contributed by atoms with Crippen LogP contribution in [0.5, 0.6) is 0 Å². The molecule has 0 bridgehead atoms. The van der Waals surface area contributed by atoms with Gasteiger partial charge in [0.25, 0.3) is 5.56 Å². The van der Waals surface area contributed by atoms with E-state index in [-0.39, 0.29) is 29.3 Å². The molecular formula is C25H28N6O3S. The van der Waals surface area contributed by atoms with Gasteiger partial charge in [-0.1, -0.05) is 59.3 Å². The Hall–Kier alpha value is -3.37. The van der Waals surface area contributed by atoms with Crippen molar-refractivity contribution in [3.8, 4) is 0 Å². The first-order chi connectivity index (χ1) is 16.8. The topological polar surface area (TPSA) is 114 Å². The summed E-state index contributed by atoms with van der Waals surface area (Å²) in [6.45, 7) is 5.25. The number of fused-ring (bicyclic) bond motifs is 1. The van der Waals surface area contributed by atoms with Crippen molar-refractivity contribution in [2.75, 3.05) is 13.1 Å². The van der Waals surface area contributed by atoms with Gasteiger partial charge in [0.1, 0.15) is 5.82 Å². The largest absolute Gasteiger partial charge is 0.308 e. The molecule has 2 aromatic heterocycles. The molecule has 10 heteroatoms. The molecule has 1 aliphatic rings. The molecule has 1 fully saturated rings. The minimum absolute atomic E-state index is 0.0456. The number of nitrogens with zero attached hydrogens (tertiary/aromatic N) is 5. The fourth-order valence-electron chi connectivity index (χ4n) is 4.61. The van der Waals surface area contributed by atoms with Gasteiger partial charge in [-0.15, -0.1) is 5.10 Å². The van der Waals surface area contributed by atoms with Crippen LogP contribution < -0.4 is 5.56 Å². The summed E-state index contributed by atoms with van der Waals surface area (Å²) in [6.07, 6.45) is 1.44. The molecule has 5 rings (SSSR count). The van der Waals surface area contributed by atoms with E-state index in [4.69, 9.17) is 4.98 Å². The van der Waals surface area contributed by atoms with Crippen LogP contribution in [-0.2, 0) is 22.3 Å². The zero-order valence-electron chi connectivity index (χ0n) is 19.8. The molecule has 0 radical (unpaired) electrons. The van der Waals surface area contributed by atoms with Crippen molar-refractivity contribution in [1.29, 1.82) is 0 Å². The molecule has 1 aliphatic heterocycles. The fourth-order valence-corrected chi connectivity index (χ4v) is 6.22. The maximum absolute atomic E-state index is 13.1. The van der Waals surface area contributed by atoms with Crippen LogP contribution in [0.4, 0.5) is 0 Å². The van der Waals surface area contributed by atoms with E-state index >= 15 is 0 Å². The number of aromatic nitrogens is 5. The first-order valence-corrected chi connectivity index (χ1v) is 13.3. The van der Waals surface area contributed by atoms with Crippen LogP contribution in [0, 0.1) is 13.8 Å². The lowest BCUT2D eigenvalue weighted by Gasteiger charge is -2.31. The van der Waals surface area contributed by atoms with Crippen molar-refractivity contribution < 1.29 is 8.42 Å². The Bertz CT molecular complexity index is 1530. The highest BCUT2D eigenvalue weighted by atomic mass is 32.2. The molecule has 0 unspecified atom stereocenters. The highest BCUT2D eigenvalue weighted by Crippen LogP contribution is 2.27. The fraction of sp³-hybridized carbons (Fsp3) is 0.360. The predicted molar refractivity (Wildman–Crippen MR) is 134 cm³/mol. The van der Waals surface area contributed by atoms with Gasteiger partial charge in [0.2, 0.25) is 10.0 Å². The quantitative estimate of drug-likeness (QED) is 0.443. The SMILES string of the molecule is Cc1ccc(C)c(Cn2nnc3c(=O)[nH]c([C@@H]4CCCN(S(=O)(=O)Cc5ccccc5)C4)nc32)c1. The summed E-state index contributed by atoms with van der Waals surface area (Å²) in [5, 5.41) is 8.24. The van der Waals surface area contributed by atoms with E-state index in [1.807, 2.05) is 44.2 Å². The standard InChI is InChI=1S/C25H28N6O3S/c1-17-10-11-18(2)21(13-17)15-31-24-22(28-29-31)25(32)27-23(26-24)20-9-6-12-30(14-20)35(33,34)16-19-7-4-3-5-8-19/h3-5,7-8,10-11,13,20H,6,9,12,14-16H2,1-2H3,(H,26,27,32)/t20-/m1/s1. The van der Waals surface area contributed by atoms with Gasteiger partial charge in [0.15, 0.2) is 11.2 Å². The molecule has 1 N–H and O–H groups in total. The monoisotopic (exact) mass is 492 g/mol. The van der Waals surface area contributed by atoms with Gasteiger partial charge in [-0.2, -0.15) is 0 Å². The number of H-pyrrole nitrogens is 1. The minimum Gasteiger partial charge on any atom is -0.308 e. The first kappa shape index (κ1) is 23.4. The number of piperidine rings is 1. The number of aromatic amines is 1. The average Bonchev–Trinajstić information content (AvgIpc) is 3.25. The number of sulfonamides is 1. The van der Waals surface area contributed by atoms with Gasteiger partial charge in [-0.25, -0.2) is 22.4 Å². The molecule has 0 aliphatic carbocycles. The summed E-state index contributed by atoms with van der Waals surface area (Å²) in [7, 11) is -3.49. The number of hydrogen-bond acceptors (Lipinski definition) is 6. The van der Waals surface area contributed by atoms with Crippen LogP contribution in [0.2, 0.25) is 0 Å².